The second-order valence-electron chi connectivity index (χ2n) is 7.62. The van der Waals surface area contributed by atoms with E-state index in [1.54, 1.807) is 0 Å². The number of pyridine rings is 1. The van der Waals surface area contributed by atoms with Gasteiger partial charge in [-0.25, -0.2) is 0 Å². The first kappa shape index (κ1) is 17.4. The summed E-state index contributed by atoms with van der Waals surface area (Å²) in [5.74, 6) is 0.922. The van der Waals surface area contributed by atoms with Gasteiger partial charge in [-0.1, -0.05) is 24.3 Å². The second kappa shape index (κ2) is 7.04. The van der Waals surface area contributed by atoms with Gasteiger partial charge in [-0.3, -0.25) is 9.30 Å². The number of fused-ring (bicyclic) bond motifs is 3. The standard InChI is InChI=1S/C22H25N5O/c1-16-12-21-20(6-7-22-24-23-17(2)27(21)22)26(16)15-19-5-3-4-18(13-19)14-25-8-10-28-11-9-25/h3-7,12-13H,8-11,14-15H2,1-2H3. The van der Waals surface area contributed by atoms with Crippen molar-refractivity contribution < 1.29 is 4.74 Å². The molecule has 0 atom stereocenters. The highest BCUT2D eigenvalue weighted by Crippen LogP contribution is 2.23. The molecule has 1 aromatic carbocycles. The minimum Gasteiger partial charge on any atom is -0.379 e. The third-order valence-corrected chi connectivity index (χ3v) is 5.65. The first-order valence-corrected chi connectivity index (χ1v) is 9.87. The number of morpholine rings is 1. The normalized spacial score (nSPS) is 15.6. The van der Waals surface area contributed by atoms with E-state index in [9.17, 15) is 0 Å². The summed E-state index contributed by atoms with van der Waals surface area (Å²) in [6, 6.07) is 15.4. The molecule has 0 spiro atoms. The highest BCUT2D eigenvalue weighted by Gasteiger charge is 2.13. The van der Waals surface area contributed by atoms with Crippen LogP contribution in [-0.2, 0) is 17.8 Å². The van der Waals surface area contributed by atoms with Gasteiger partial charge in [0.15, 0.2) is 5.65 Å². The summed E-state index contributed by atoms with van der Waals surface area (Å²) in [5.41, 5.74) is 7.22. The maximum absolute atomic E-state index is 5.46. The Kier molecular flexibility index (Phi) is 4.37. The highest BCUT2D eigenvalue weighted by atomic mass is 16.5. The minimum atomic E-state index is 0.839. The molecule has 6 heteroatoms. The van der Waals surface area contributed by atoms with Gasteiger partial charge in [0.25, 0.3) is 0 Å². The van der Waals surface area contributed by atoms with Crippen LogP contribution in [0.1, 0.15) is 22.6 Å². The summed E-state index contributed by atoms with van der Waals surface area (Å²) in [4.78, 5) is 2.46. The molecular weight excluding hydrogens is 350 g/mol. The fourth-order valence-corrected chi connectivity index (χ4v) is 4.21. The third kappa shape index (κ3) is 3.08. The van der Waals surface area contributed by atoms with Gasteiger partial charge < -0.3 is 9.30 Å². The van der Waals surface area contributed by atoms with Crippen LogP contribution in [0.15, 0.2) is 42.5 Å². The Morgan fingerprint density at radius 2 is 1.68 bits per heavy atom. The molecule has 1 aliphatic heterocycles. The number of hydrogen-bond acceptors (Lipinski definition) is 4. The third-order valence-electron chi connectivity index (χ3n) is 5.65. The lowest BCUT2D eigenvalue weighted by molar-refractivity contribution is 0.0342. The van der Waals surface area contributed by atoms with Crippen molar-refractivity contribution in [2.75, 3.05) is 26.3 Å². The lowest BCUT2D eigenvalue weighted by Crippen LogP contribution is -2.35. The number of benzene rings is 1. The lowest BCUT2D eigenvalue weighted by Gasteiger charge is -2.26. The zero-order valence-electron chi connectivity index (χ0n) is 16.4. The zero-order chi connectivity index (χ0) is 19.1. The van der Waals surface area contributed by atoms with E-state index in [1.165, 1.54) is 27.9 Å². The van der Waals surface area contributed by atoms with Crippen LogP contribution in [0.2, 0.25) is 0 Å². The predicted octanol–water partition coefficient (Wildman–Crippen LogP) is 3.18. The van der Waals surface area contributed by atoms with Gasteiger partial charge >= 0.3 is 0 Å². The maximum Gasteiger partial charge on any atom is 0.161 e. The molecular formula is C22H25N5O. The summed E-state index contributed by atoms with van der Waals surface area (Å²) in [6.07, 6.45) is 0. The second-order valence-corrected chi connectivity index (χ2v) is 7.62. The highest BCUT2D eigenvalue weighted by molar-refractivity contribution is 5.81. The molecule has 4 heterocycles. The van der Waals surface area contributed by atoms with Crippen LogP contribution in [-0.4, -0.2) is 50.4 Å². The van der Waals surface area contributed by atoms with Crippen molar-refractivity contribution in [2.45, 2.75) is 26.9 Å². The van der Waals surface area contributed by atoms with E-state index in [0.29, 0.717) is 0 Å². The van der Waals surface area contributed by atoms with Crippen molar-refractivity contribution in [1.29, 1.82) is 0 Å². The van der Waals surface area contributed by atoms with Gasteiger partial charge in [-0.2, -0.15) is 0 Å². The Hall–Kier alpha value is -2.70. The van der Waals surface area contributed by atoms with Crippen LogP contribution in [0.25, 0.3) is 16.7 Å². The average Bonchev–Trinajstić information content (AvgIpc) is 3.23. The van der Waals surface area contributed by atoms with Crippen molar-refractivity contribution in [3.63, 3.8) is 0 Å². The molecule has 0 bridgehead atoms. The molecule has 0 unspecified atom stereocenters. The molecule has 0 saturated carbocycles. The van der Waals surface area contributed by atoms with Crippen LogP contribution in [0.4, 0.5) is 0 Å². The summed E-state index contributed by atoms with van der Waals surface area (Å²) >= 11 is 0. The SMILES string of the molecule is Cc1cc2c(ccc3nnc(C)n32)n1Cc1cccc(CN2CCOCC2)c1. The summed E-state index contributed by atoms with van der Waals surface area (Å²) in [5, 5.41) is 8.47. The van der Waals surface area contributed by atoms with Gasteiger partial charge in [-0.15, -0.1) is 10.2 Å². The van der Waals surface area contributed by atoms with E-state index < -0.39 is 0 Å². The molecule has 0 aliphatic carbocycles. The molecule has 6 nitrogen and oxygen atoms in total. The first-order chi connectivity index (χ1) is 13.7. The Balaban J connectivity index is 1.46. The smallest absolute Gasteiger partial charge is 0.161 e. The summed E-state index contributed by atoms with van der Waals surface area (Å²) in [7, 11) is 0. The Morgan fingerprint density at radius 1 is 0.893 bits per heavy atom. The van der Waals surface area contributed by atoms with Crippen LogP contribution < -0.4 is 0 Å². The fraction of sp³-hybridized carbons (Fsp3) is 0.364. The van der Waals surface area contributed by atoms with Gasteiger partial charge in [-0.05, 0) is 43.2 Å². The monoisotopic (exact) mass is 375 g/mol. The molecule has 5 rings (SSSR count). The van der Waals surface area contributed by atoms with Gasteiger partial charge in [0.1, 0.15) is 5.82 Å². The molecule has 28 heavy (non-hydrogen) atoms. The summed E-state index contributed by atoms with van der Waals surface area (Å²) < 4.78 is 9.97. The largest absolute Gasteiger partial charge is 0.379 e. The molecule has 0 radical (unpaired) electrons. The summed E-state index contributed by atoms with van der Waals surface area (Å²) in [6.45, 7) is 9.72. The lowest BCUT2D eigenvalue weighted by atomic mass is 10.1. The van der Waals surface area contributed by atoms with E-state index in [-0.39, 0.29) is 0 Å². The Morgan fingerprint density at radius 3 is 2.50 bits per heavy atom. The molecule has 144 valence electrons. The van der Waals surface area contributed by atoms with Crippen LogP contribution in [0.3, 0.4) is 0 Å². The Bertz CT molecular complexity index is 1140. The van der Waals surface area contributed by atoms with Crippen molar-refractivity contribution in [3.05, 3.63) is 65.1 Å². The zero-order valence-corrected chi connectivity index (χ0v) is 16.4. The number of hydrogen-bond donors (Lipinski definition) is 0. The fourth-order valence-electron chi connectivity index (χ4n) is 4.21. The molecule has 4 aromatic rings. The molecule has 0 amide bonds. The van der Waals surface area contributed by atoms with Crippen molar-refractivity contribution in [1.82, 2.24) is 24.1 Å². The topological polar surface area (TPSA) is 47.6 Å². The van der Waals surface area contributed by atoms with Crippen molar-refractivity contribution in [3.8, 4) is 0 Å². The maximum atomic E-state index is 5.46. The van der Waals surface area contributed by atoms with Crippen LogP contribution in [0, 0.1) is 13.8 Å². The van der Waals surface area contributed by atoms with Gasteiger partial charge in [0.2, 0.25) is 0 Å². The Labute approximate surface area is 164 Å². The van der Waals surface area contributed by atoms with Crippen LogP contribution in [0.5, 0.6) is 0 Å². The number of ether oxygens (including phenoxy) is 1. The number of aromatic nitrogens is 4. The molecule has 0 N–H and O–H groups in total. The molecule has 1 saturated heterocycles. The number of aryl methyl sites for hydroxylation is 2. The first-order valence-electron chi connectivity index (χ1n) is 9.87. The quantitative estimate of drug-likeness (QED) is 0.550. The van der Waals surface area contributed by atoms with Crippen molar-refractivity contribution >= 4 is 16.7 Å². The van der Waals surface area contributed by atoms with E-state index in [1.807, 2.05) is 13.0 Å². The molecule has 1 fully saturated rings. The van der Waals surface area contributed by atoms with E-state index in [2.05, 4.69) is 67.4 Å². The minimum absolute atomic E-state index is 0.839. The predicted molar refractivity (Wildman–Crippen MR) is 110 cm³/mol. The number of rotatable bonds is 4. The van der Waals surface area contributed by atoms with E-state index >= 15 is 0 Å². The number of nitrogens with zero attached hydrogens (tertiary/aromatic N) is 5. The van der Waals surface area contributed by atoms with Crippen LogP contribution >= 0.6 is 0 Å². The van der Waals surface area contributed by atoms with E-state index in [0.717, 1.165) is 50.9 Å². The van der Waals surface area contributed by atoms with Gasteiger partial charge in [0, 0.05) is 31.9 Å². The van der Waals surface area contributed by atoms with Gasteiger partial charge in [0.05, 0.1) is 24.2 Å². The van der Waals surface area contributed by atoms with Crippen molar-refractivity contribution in [2.24, 2.45) is 0 Å². The molecule has 1 aliphatic rings. The van der Waals surface area contributed by atoms with E-state index in [4.69, 9.17) is 4.74 Å². The molecule has 3 aromatic heterocycles. The average molecular weight is 375 g/mol.